The molecule has 1 aromatic carbocycles. The standard InChI is InChI=1S/C15H22N4O/c1-4-7-16-9-13-8-12(2)5-6-14(13)20-10-15-17-11-18-19(15)3/h5-6,8,11,16H,4,7,9-10H2,1-3H3. The summed E-state index contributed by atoms with van der Waals surface area (Å²) in [5.74, 6) is 1.72. The molecule has 0 spiro atoms. The molecule has 0 aliphatic carbocycles. The molecular formula is C15H22N4O. The maximum Gasteiger partial charge on any atom is 0.164 e. The highest BCUT2D eigenvalue weighted by Crippen LogP contribution is 2.21. The van der Waals surface area contributed by atoms with Gasteiger partial charge in [0.15, 0.2) is 5.82 Å². The first-order valence-corrected chi connectivity index (χ1v) is 6.96. The van der Waals surface area contributed by atoms with E-state index in [9.17, 15) is 0 Å². The lowest BCUT2D eigenvalue weighted by Gasteiger charge is -2.12. The molecule has 0 radical (unpaired) electrons. The molecule has 0 unspecified atom stereocenters. The minimum absolute atomic E-state index is 0.431. The third-order valence-electron chi connectivity index (χ3n) is 3.12. The summed E-state index contributed by atoms with van der Waals surface area (Å²) in [6.45, 7) is 6.52. The Labute approximate surface area is 120 Å². The molecule has 5 nitrogen and oxygen atoms in total. The van der Waals surface area contributed by atoms with Crippen LogP contribution in [0, 0.1) is 6.92 Å². The molecule has 0 aliphatic heterocycles. The number of hydrogen-bond donors (Lipinski definition) is 1. The van der Waals surface area contributed by atoms with Gasteiger partial charge < -0.3 is 10.1 Å². The highest BCUT2D eigenvalue weighted by atomic mass is 16.5. The quantitative estimate of drug-likeness (QED) is 0.786. The fraction of sp³-hybridized carbons (Fsp3) is 0.467. The topological polar surface area (TPSA) is 52.0 Å². The predicted molar refractivity (Wildman–Crippen MR) is 78.5 cm³/mol. The number of rotatable bonds is 7. The van der Waals surface area contributed by atoms with E-state index in [0.717, 1.165) is 31.1 Å². The van der Waals surface area contributed by atoms with E-state index in [-0.39, 0.29) is 0 Å². The lowest BCUT2D eigenvalue weighted by molar-refractivity contribution is 0.286. The second kappa shape index (κ2) is 7.05. The fourth-order valence-corrected chi connectivity index (χ4v) is 1.98. The molecule has 0 saturated carbocycles. The van der Waals surface area contributed by atoms with E-state index in [1.165, 1.54) is 17.5 Å². The van der Waals surface area contributed by atoms with Crippen LogP contribution < -0.4 is 10.1 Å². The molecule has 2 rings (SSSR count). The van der Waals surface area contributed by atoms with Crippen molar-refractivity contribution < 1.29 is 4.74 Å². The first kappa shape index (κ1) is 14.5. The Morgan fingerprint density at radius 1 is 1.35 bits per heavy atom. The molecular weight excluding hydrogens is 252 g/mol. The predicted octanol–water partition coefficient (Wildman–Crippen LogP) is 2.20. The average Bonchev–Trinajstić information content (AvgIpc) is 2.84. The van der Waals surface area contributed by atoms with E-state index in [1.807, 2.05) is 13.1 Å². The second-order valence-corrected chi connectivity index (χ2v) is 4.88. The third-order valence-corrected chi connectivity index (χ3v) is 3.12. The van der Waals surface area contributed by atoms with E-state index in [0.29, 0.717) is 6.61 Å². The zero-order valence-electron chi connectivity index (χ0n) is 12.4. The number of hydrogen-bond acceptors (Lipinski definition) is 4. The van der Waals surface area contributed by atoms with Gasteiger partial charge >= 0.3 is 0 Å². The molecule has 0 amide bonds. The Kier molecular flexibility index (Phi) is 5.12. The van der Waals surface area contributed by atoms with Gasteiger partial charge in [-0.1, -0.05) is 24.6 Å². The van der Waals surface area contributed by atoms with Gasteiger partial charge in [-0.05, 0) is 26.0 Å². The van der Waals surface area contributed by atoms with E-state index >= 15 is 0 Å². The largest absolute Gasteiger partial charge is 0.485 e. The van der Waals surface area contributed by atoms with Crippen LogP contribution in [0.15, 0.2) is 24.5 Å². The van der Waals surface area contributed by atoms with Gasteiger partial charge in [0.05, 0.1) is 0 Å². The highest BCUT2D eigenvalue weighted by molar-refractivity contribution is 5.36. The summed E-state index contributed by atoms with van der Waals surface area (Å²) in [6.07, 6.45) is 2.67. The van der Waals surface area contributed by atoms with Gasteiger partial charge in [0.1, 0.15) is 18.7 Å². The Hall–Kier alpha value is -1.88. The van der Waals surface area contributed by atoms with E-state index in [2.05, 4.69) is 41.4 Å². The van der Waals surface area contributed by atoms with Crippen molar-refractivity contribution in [2.24, 2.45) is 7.05 Å². The Morgan fingerprint density at radius 2 is 2.20 bits per heavy atom. The van der Waals surface area contributed by atoms with Crippen LogP contribution in [-0.2, 0) is 20.2 Å². The first-order valence-electron chi connectivity index (χ1n) is 6.96. The molecule has 1 aromatic heterocycles. The number of nitrogens with zero attached hydrogens (tertiary/aromatic N) is 3. The molecule has 20 heavy (non-hydrogen) atoms. The van der Waals surface area contributed by atoms with Crippen LogP contribution in [-0.4, -0.2) is 21.3 Å². The van der Waals surface area contributed by atoms with Crippen molar-refractivity contribution in [3.63, 3.8) is 0 Å². The number of aromatic nitrogens is 3. The molecule has 2 aromatic rings. The van der Waals surface area contributed by atoms with Crippen LogP contribution in [0.25, 0.3) is 0 Å². The van der Waals surface area contributed by atoms with E-state index < -0.39 is 0 Å². The van der Waals surface area contributed by atoms with Crippen LogP contribution in [0.2, 0.25) is 0 Å². The van der Waals surface area contributed by atoms with Gasteiger partial charge in [-0.25, -0.2) is 4.98 Å². The molecule has 0 aliphatic rings. The lowest BCUT2D eigenvalue weighted by Crippen LogP contribution is -2.15. The van der Waals surface area contributed by atoms with Crippen LogP contribution in [0.4, 0.5) is 0 Å². The summed E-state index contributed by atoms with van der Waals surface area (Å²) in [6, 6.07) is 6.25. The van der Waals surface area contributed by atoms with Gasteiger partial charge in [0.2, 0.25) is 0 Å². The maximum atomic E-state index is 5.88. The monoisotopic (exact) mass is 274 g/mol. The minimum Gasteiger partial charge on any atom is -0.485 e. The Balaban J connectivity index is 2.04. The van der Waals surface area contributed by atoms with Crippen molar-refractivity contribution in [1.82, 2.24) is 20.1 Å². The zero-order valence-corrected chi connectivity index (χ0v) is 12.4. The number of ether oxygens (including phenoxy) is 1. The van der Waals surface area contributed by atoms with Gasteiger partial charge in [-0.15, -0.1) is 0 Å². The number of aryl methyl sites for hydroxylation is 2. The highest BCUT2D eigenvalue weighted by Gasteiger charge is 2.06. The first-order chi connectivity index (χ1) is 9.70. The van der Waals surface area contributed by atoms with Crippen molar-refractivity contribution >= 4 is 0 Å². The van der Waals surface area contributed by atoms with Gasteiger partial charge in [-0.2, -0.15) is 5.10 Å². The average molecular weight is 274 g/mol. The van der Waals surface area contributed by atoms with Crippen LogP contribution >= 0.6 is 0 Å². The van der Waals surface area contributed by atoms with Crippen LogP contribution in [0.1, 0.15) is 30.3 Å². The minimum atomic E-state index is 0.431. The summed E-state index contributed by atoms with van der Waals surface area (Å²) in [5.41, 5.74) is 2.42. The van der Waals surface area contributed by atoms with Crippen molar-refractivity contribution in [3.8, 4) is 5.75 Å². The maximum absolute atomic E-state index is 5.88. The second-order valence-electron chi connectivity index (χ2n) is 4.88. The van der Waals surface area contributed by atoms with E-state index in [4.69, 9.17) is 4.74 Å². The van der Waals surface area contributed by atoms with Gasteiger partial charge in [0, 0.05) is 19.2 Å². The summed E-state index contributed by atoms with van der Waals surface area (Å²) >= 11 is 0. The molecule has 0 saturated heterocycles. The molecule has 108 valence electrons. The molecule has 1 heterocycles. The molecule has 5 heteroatoms. The SMILES string of the molecule is CCCNCc1cc(C)ccc1OCc1ncnn1C. The van der Waals surface area contributed by atoms with Crippen molar-refractivity contribution in [2.75, 3.05) is 6.54 Å². The van der Waals surface area contributed by atoms with Gasteiger partial charge in [-0.3, -0.25) is 4.68 Å². The number of nitrogens with one attached hydrogen (secondary N) is 1. The van der Waals surface area contributed by atoms with Gasteiger partial charge in [0.25, 0.3) is 0 Å². The molecule has 0 fully saturated rings. The summed E-state index contributed by atoms with van der Waals surface area (Å²) in [7, 11) is 1.87. The number of benzene rings is 1. The normalized spacial score (nSPS) is 10.8. The summed E-state index contributed by atoms with van der Waals surface area (Å²) in [4.78, 5) is 4.16. The lowest BCUT2D eigenvalue weighted by atomic mass is 10.1. The van der Waals surface area contributed by atoms with Crippen LogP contribution in [0.3, 0.4) is 0 Å². The van der Waals surface area contributed by atoms with Crippen molar-refractivity contribution in [3.05, 3.63) is 41.5 Å². The zero-order chi connectivity index (χ0) is 14.4. The Bertz CT molecular complexity index is 551. The fourth-order valence-electron chi connectivity index (χ4n) is 1.98. The Morgan fingerprint density at radius 3 is 2.90 bits per heavy atom. The van der Waals surface area contributed by atoms with Crippen molar-refractivity contribution in [1.29, 1.82) is 0 Å². The molecule has 0 bridgehead atoms. The molecule has 1 N–H and O–H groups in total. The van der Waals surface area contributed by atoms with Crippen LogP contribution in [0.5, 0.6) is 5.75 Å². The van der Waals surface area contributed by atoms with E-state index in [1.54, 1.807) is 4.68 Å². The summed E-state index contributed by atoms with van der Waals surface area (Å²) < 4.78 is 7.61. The molecule has 0 atom stereocenters. The summed E-state index contributed by atoms with van der Waals surface area (Å²) in [5, 5.41) is 7.45. The smallest absolute Gasteiger partial charge is 0.164 e. The third kappa shape index (κ3) is 3.81. The van der Waals surface area contributed by atoms with Crippen molar-refractivity contribution in [2.45, 2.75) is 33.4 Å².